The summed E-state index contributed by atoms with van der Waals surface area (Å²) >= 11 is 6.49. The highest BCUT2D eigenvalue weighted by atomic mass is 79.9. The predicted molar refractivity (Wildman–Crippen MR) is 223 cm³/mol. The van der Waals surface area contributed by atoms with Crippen LogP contribution in [0.3, 0.4) is 0 Å². The molecule has 6 rings (SSSR count). The lowest BCUT2D eigenvalue weighted by molar-refractivity contribution is 0.00578. The molecule has 3 fully saturated rings. The standard InChI is InChI=1S/C13H20BNO2.C12H24B2O4.C7H8BrN.C6H6BrNO/c1-9-7-11(10(2)15-8-9)14-16-12(3,4)13(5,6)17-14;1-9(2)10(3,4)16-13(15-9)14-17-11(5,6)12(7,8)18-14;1-5-3-7(8)6(2)9-4-5;1-4-2-5(7)6(9)8-3-4/h7-8H,1-6H3;1-8H3;3-4H,1-2H3;2-3H,1H3,(H,8,9). The van der Waals surface area contributed by atoms with Crippen LogP contribution in [0.2, 0.25) is 0 Å². The fourth-order valence-corrected chi connectivity index (χ4v) is 5.96. The molecule has 10 nitrogen and oxygen atoms in total. The second-order valence-corrected chi connectivity index (χ2v) is 18.7. The third-order valence-corrected chi connectivity index (χ3v) is 12.1. The van der Waals surface area contributed by atoms with E-state index in [-0.39, 0.29) is 46.3 Å². The van der Waals surface area contributed by atoms with Crippen LogP contribution >= 0.6 is 31.9 Å². The van der Waals surface area contributed by atoms with E-state index in [1.54, 1.807) is 12.3 Å². The average Bonchev–Trinajstić information content (AvgIpc) is 3.48. The van der Waals surface area contributed by atoms with Crippen molar-refractivity contribution < 1.29 is 27.9 Å². The number of H-pyrrole nitrogens is 1. The number of halogens is 2. The topological polar surface area (TPSA) is 114 Å². The minimum absolute atomic E-state index is 0.0828. The van der Waals surface area contributed by atoms with Crippen LogP contribution in [0.15, 0.2) is 50.5 Å². The number of rotatable bonds is 2. The summed E-state index contributed by atoms with van der Waals surface area (Å²) in [5.74, 6) is 0. The van der Waals surface area contributed by atoms with E-state index in [4.69, 9.17) is 27.9 Å². The first kappa shape index (κ1) is 45.6. The predicted octanol–water partition coefficient (Wildman–Crippen LogP) is 8.15. The second-order valence-electron chi connectivity index (χ2n) is 17.0. The summed E-state index contributed by atoms with van der Waals surface area (Å²) < 4.78 is 37.6. The van der Waals surface area contributed by atoms with Crippen molar-refractivity contribution in [2.45, 2.75) is 151 Å². The van der Waals surface area contributed by atoms with E-state index in [1.165, 1.54) is 5.56 Å². The molecule has 53 heavy (non-hydrogen) atoms. The van der Waals surface area contributed by atoms with Crippen LogP contribution in [-0.4, -0.2) is 69.7 Å². The van der Waals surface area contributed by atoms with Crippen LogP contribution in [-0.2, 0) is 27.9 Å². The molecule has 15 heteroatoms. The summed E-state index contributed by atoms with van der Waals surface area (Å²) in [6.45, 7) is 34.4. The lowest BCUT2D eigenvalue weighted by Gasteiger charge is -2.32. The van der Waals surface area contributed by atoms with Crippen molar-refractivity contribution in [1.29, 1.82) is 0 Å². The van der Waals surface area contributed by atoms with Gasteiger partial charge in [0.2, 0.25) is 0 Å². The average molecular weight is 861 g/mol. The molecule has 3 aromatic rings. The van der Waals surface area contributed by atoms with Crippen molar-refractivity contribution in [3.63, 3.8) is 0 Å². The monoisotopic (exact) mass is 859 g/mol. The molecule has 3 saturated heterocycles. The van der Waals surface area contributed by atoms with Crippen molar-refractivity contribution in [1.82, 2.24) is 15.0 Å². The quantitative estimate of drug-likeness (QED) is 0.255. The van der Waals surface area contributed by atoms with Crippen molar-refractivity contribution in [2.75, 3.05) is 0 Å². The minimum Gasteiger partial charge on any atom is -0.405 e. The van der Waals surface area contributed by atoms with Gasteiger partial charge < -0.3 is 32.9 Å². The van der Waals surface area contributed by atoms with Gasteiger partial charge in [0.25, 0.3) is 5.56 Å². The minimum atomic E-state index is -0.476. The molecule has 0 unspecified atom stereocenters. The van der Waals surface area contributed by atoms with Gasteiger partial charge in [-0.15, -0.1) is 0 Å². The van der Waals surface area contributed by atoms with Crippen LogP contribution in [0.25, 0.3) is 0 Å². The third kappa shape index (κ3) is 11.1. The zero-order valence-corrected chi connectivity index (χ0v) is 37.9. The van der Waals surface area contributed by atoms with Crippen LogP contribution in [0.1, 0.15) is 111 Å². The first-order valence-electron chi connectivity index (χ1n) is 17.9. The van der Waals surface area contributed by atoms with Gasteiger partial charge in [0.1, 0.15) is 0 Å². The molecule has 0 aromatic carbocycles. The number of aryl methyl sites for hydroxylation is 5. The van der Waals surface area contributed by atoms with Gasteiger partial charge in [0.15, 0.2) is 0 Å². The van der Waals surface area contributed by atoms with Gasteiger partial charge in [-0.05, 0) is 178 Å². The van der Waals surface area contributed by atoms with E-state index in [0.29, 0.717) is 4.47 Å². The van der Waals surface area contributed by atoms with E-state index in [9.17, 15) is 4.79 Å². The van der Waals surface area contributed by atoms with Gasteiger partial charge in [0, 0.05) is 34.2 Å². The number of nitrogens with one attached hydrogen (secondary N) is 1. The first-order chi connectivity index (χ1) is 24.0. The number of nitrogens with zero attached hydrogens (tertiary/aromatic N) is 2. The van der Waals surface area contributed by atoms with E-state index in [2.05, 4.69) is 86.6 Å². The Morgan fingerprint density at radius 1 is 0.528 bits per heavy atom. The van der Waals surface area contributed by atoms with Crippen molar-refractivity contribution in [2.24, 2.45) is 0 Å². The third-order valence-electron chi connectivity index (χ3n) is 10.7. The maximum Gasteiger partial charge on any atom is 0.496 e. The highest BCUT2D eigenvalue weighted by Gasteiger charge is 2.63. The van der Waals surface area contributed by atoms with Gasteiger partial charge >= 0.3 is 21.1 Å². The summed E-state index contributed by atoms with van der Waals surface area (Å²) in [5.41, 5.74) is 4.28. The van der Waals surface area contributed by atoms with Gasteiger partial charge in [0.05, 0.1) is 43.8 Å². The zero-order valence-electron chi connectivity index (χ0n) is 34.7. The number of hydrogen-bond acceptors (Lipinski definition) is 9. The van der Waals surface area contributed by atoms with Gasteiger partial charge in [-0.25, -0.2) is 0 Å². The van der Waals surface area contributed by atoms with E-state index in [0.717, 1.165) is 32.5 Å². The molecular weight excluding hydrogens is 803 g/mol. The fourth-order valence-electron chi connectivity index (χ4n) is 5.03. The maximum atomic E-state index is 10.7. The van der Waals surface area contributed by atoms with Crippen LogP contribution < -0.4 is 11.0 Å². The lowest BCUT2D eigenvalue weighted by Crippen LogP contribution is -2.41. The number of aromatic nitrogens is 3. The van der Waals surface area contributed by atoms with Crippen molar-refractivity contribution >= 4 is 58.5 Å². The molecule has 0 spiro atoms. The smallest absolute Gasteiger partial charge is 0.405 e. The van der Waals surface area contributed by atoms with Crippen LogP contribution in [0.5, 0.6) is 0 Å². The molecule has 0 bridgehead atoms. The maximum absolute atomic E-state index is 10.7. The Labute approximate surface area is 335 Å². The zero-order chi connectivity index (χ0) is 40.5. The number of pyridine rings is 3. The molecule has 0 amide bonds. The Bertz CT molecular complexity index is 1720. The summed E-state index contributed by atoms with van der Waals surface area (Å²) in [6, 6.07) is 5.92. The number of hydrogen-bond donors (Lipinski definition) is 1. The summed E-state index contributed by atoms with van der Waals surface area (Å²) in [4.78, 5) is 21.7. The Balaban J connectivity index is 0.000000200. The molecule has 3 aliphatic rings. The largest absolute Gasteiger partial charge is 0.496 e. The van der Waals surface area contributed by atoms with Crippen molar-refractivity contribution in [3.05, 3.63) is 84.2 Å². The SMILES string of the molecule is CC1(C)OB(B2OC(C)(C)C(C)(C)O2)OC1(C)C.Cc1c[nH]c(=O)c(Br)c1.Cc1cnc(C)c(B2OC(C)(C)C(C)(C)O2)c1.Cc1cnc(C)c(Br)c1. The Morgan fingerprint density at radius 2 is 0.887 bits per heavy atom. The van der Waals surface area contributed by atoms with E-state index in [1.807, 2.05) is 102 Å². The fraction of sp³-hybridized carbons (Fsp3) is 0.605. The van der Waals surface area contributed by atoms with E-state index < -0.39 is 14.0 Å². The van der Waals surface area contributed by atoms with Crippen molar-refractivity contribution in [3.8, 4) is 0 Å². The second kappa shape index (κ2) is 16.7. The number of aromatic amines is 1. The molecular formula is C38H58B3Br2N3O7. The Hall–Kier alpha value is -1.84. The molecule has 290 valence electrons. The highest BCUT2D eigenvalue weighted by molar-refractivity contribution is 9.10. The molecule has 0 aliphatic carbocycles. The molecule has 0 radical (unpaired) electrons. The Morgan fingerprint density at radius 3 is 1.25 bits per heavy atom. The Kier molecular flexibility index (Phi) is 14.4. The van der Waals surface area contributed by atoms with E-state index >= 15 is 0 Å². The molecule has 3 aromatic heterocycles. The normalized spacial score (nSPS) is 21.2. The highest BCUT2D eigenvalue weighted by Crippen LogP contribution is 2.43. The first-order valence-corrected chi connectivity index (χ1v) is 19.5. The molecule has 1 N–H and O–H groups in total. The molecule has 3 aliphatic heterocycles. The molecule has 6 heterocycles. The summed E-state index contributed by atoms with van der Waals surface area (Å²) in [6.07, 6.45) is 5.40. The molecule has 0 atom stereocenters. The van der Waals surface area contributed by atoms with Gasteiger partial charge in [-0.3, -0.25) is 14.8 Å². The van der Waals surface area contributed by atoms with Gasteiger partial charge in [-0.2, -0.15) is 0 Å². The lowest BCUT2D eigenvalue weighted by atomic mass is 9.49. The van der Waals surface area contributed by atoms with Gasteiger partial charge in [-0.1, -0.05) is 6.07 Å². The van der Waals surface area contributed by atoms with Crippen LogP contribution in [0.4, 0.5) is 0 Å². The summed E-state index contributed by atoms with van der Waals surface area (Å²) in [5, 5.41) is 0. The van der Waals surface area contributed by atoms with Crippen LogP contribution in [0, 0.1) is 34.6 Å². The molecule has 0 saturated carbocycles. The summed E-state index contributed by atoms with van der Waals surface area (Å²) in [7, 11) is -1.26.